The molecule has 0 saturated heterocycles. The van der Waals surface area contributed by atoms with Crippen molar-refractivity contribution in [2.45, 2.75) is 57.0 Å². The second-order valence-electron chi connectivity index (χ2n) is 6.96. The van der Waals surface area contributed by atoms with Crippen molar-refractivity contribution in [1.82, 2.24) is 9.78 Å². The van der Waals surface area contributed by atoms with Gasteiger partial charge >= 0.3 is 0 Å². The van der Waals surface area contributed by atoms with Crippen LogP contribution in [0, 0.1) is 11.3 Å². The van der Waals surface area contributed by atoms with Crippen molar-refractivity contribution in [3.05, 3.63) is 56.4 Å². The topological polar surface area (TPSA) is 70.7 Å². The summed E-state index contributed by atoms with van der Waals surface area (Å²) < 4.78 is 1.45. The molecule has 4 rings (SSSR count). The van der Waals surface area contributed by atoms with Crippen molar-refractivity contribution in [3.8, 4) is 6.07 Å². The highest BCUT2D eigenvalue weighted by Crippen LogP contribution is 2.29. The third kappa shape index (κ3) is 5.47. The number of benzene rings is 1. The van der Waals surface area contributed by atoms with E-state index >= 15 is 0 Å². The molecule has 0 radical (unpaired) electrons. The van der Waals surface area contributed by atoms with E-state index in [2.05, 4.69) is 16.5 Å². The molecule has 0 spiro atoms. The minimum absolute atomic E-state index is 0.0319. The van der Waals surface area contributed by atoms with Crippen LogP contribution in [0.3, 0.4) is 0 Å². The number of hydrogen-bond acceptors (Lipinski definition) is 4. The third-order valence-corrected chi connectivity index (χ3v) is 5.43. The van der Waals surface area contributed by atoms with Crippen LogP contribution in [0.25, 0.3) is 0 Å². The standard InChI is InChI=1S/C17H16Cl2N4O.C3H6/c18-15-10-21-23(17(24)16(15)19)14-7-5-13(6-8-14)22-12-3-1-11(9-20)2-4-12;1-2-3-1/h1-4,10,13-14,22H,5-8H2;1-3H2. The van der Waals surface area contributed by atoms with Crippen molar-refractivity contribution >= 4 is 28.9 Å². The Hall–Kier alpha value is -2.03. The van der Waals surface area contributed by atoms with Gasteiger partial charge in [-0.3, -0.25) is 4.79 Å². The van der Waals surface area contributed by atoms with Gasteiger partial charge < -0.3 is 5.32 Å². The molecule has 1 N–H and O–H groups in total. The summed E-state index contributed by atoms with van der Waals surface area (Å²) in [5.74, 6) is 0. The van der Waals surface area contributed by atoms with Gasteiger partial charge in [0.25, 0.3) is 5.56 Å². The highest BCUT2D eigenvalue weighted by molar-refractivity contribution is 6.41. The molecule has 0 unspecified atom stereocenters. The maximum Gasteiger partial charge on any atom is 0.287 e. The van der Waals surface area contributed by atoms with Crippen molar-refractivity contribution < 1.29 is 0 Å². The van der Waals surface area contributed by atoms with Crippen LogP contribution in [0.1, 0.15) is 56.6 Å². The molecule has 2 aliphatic rings. The lowest BCUT2D eigenvalue weighted by molar-refractivity contribution is 0.304. The molecular weight excluding hydrogens is 383 g/mol. The zero-order valence-corrected chi connectivity index (χ0v) is 16.5. The molecule has 2 aliphatic carbocycles. The van der Waals surface area contributed by atoms with E-state index in [1.165, 1.54) is 30.1 Å². The van der Waals surface area contributed by atoms with Crippen molar-refractivity contribution in [2.24, 2.45) is 0 Å². The van der Waals surface area contributed by atoms with Gasteiger partial charge in [0, 0.05) is 11.7 Å². The fourth-order valence-electron chi connectivity index (χ4n) is 3.03. The average molecular weight is 405 g/mol. The van der Waals surface area contributed by atoms with E-state index in [0.29, 0.717) is 11.6 Å². The molecule has 2 saturated carbocycles. The summed E-state index contributed by atoms with van der Waals surface area (Å²) >= 11 is 11.7. The van der Waals surface area contributed by atoms with Gasteiger partial charge in [-0.25, -0.2) is 4.68 Å². The number of nitrogens with one attached hydrogen (secondary N) is 1. The Morgan fingerprint density at radius 3 is 2.26 bits per heavy atom. The predicted molar refractivity (Wildman–Crippen MR) is 108 cm³/mol. The molecule has 0 atom stereocenters. The Labute approximate surface area is 168 Å². The maximum absolute atomic E-state index is 12.2. The van der Waals surface area contributed by atoms with E-state index in [9.17, 15) is 4.79 Å². The average Bonchev–Trinajstić information content (AvgIpc) is 3.57. The fourth-order valence-corrected chi connectivity index (χ4v) is 3.29. The molecule has 2 aromatic rings. The highest BCUT2D eigenvalue weighted by atomic mass is 35.5. The summed E-state index contributed by atoms with van der Waals surface area (Å²) in [7, 11) is 0. The molecule has 0 aliphatic heterocycles. The summed E-state index contributed by atoms with van der Waals surface area (Å²) in [5, 5.41) is 16.6. The van der Waals surface area contributed by atoms with Crippen molar-refractivity contribution in [1.29, 1.82) is 5.26 Å². The van der Waals surface area contributed by atoms with Crippen LogP contribution in [0.5, 0.6) is 0 Å². The Balaban J connectivity index is 0.000000637. The first-order chi connectivity index (χ1) is 13.1. The number of hydrogen-bond donors (Lipinski definition) is 1. The fraction of sp³-hybridized carbons (Fsp3) is 0.450. The van der Waals surface area contributed by atoms with Crippen LogP contribution < -0.4 is 10.9 Å². The number of anilines is 1. The Kier molecular flexibility index (Phi) is 6.76. The number of aromatic nitrogens is 2. The number of nitriles is 1. The zero-order valence-electron chi connectivity index (χ0n) is 15.0. The van der Waals surface area contributed by atoms with E-state index in [1.54, 1.807) is 12.1 Å². The van der Waals surface area contributed by atoms with Crippen LogP contribution >= 0.6 is 23.2 Å². The first-order valence-corrected chi connectivity index (χ1v) is 10.0. The number of halogens is 2. The predicted octanol–water partition coefficient (Wildman–Crippen LogP) is 5.19. The smallest absolute Gasteiger partial charge is 0.287 e. The summed E-state index contributed by atoms with van der Waals surface area (Å²) in [6, 6.07) is 9.92. The first-order valence-electron chi connectivity index (χ1n) is 9.28. The van der Waals surface area contributed by atoms with Crippen LogP contribution in [-0.2, 0) is 0 Å². The highest BCUT2D eigenvalue weighted by Gasteiger charge is 2.24. The Morgan fingerprint density at radius 2 is 1.70 bits per heavy atom. The van der Waals surface area contributed by atoms with E-state index in [4.69, 9.17) is 28.5 Å². The normalized spacial score (nSPS) is 20.8. The number of rotatable bonds is 3. The SMILES string of the molecule is C1CC1.N#Cc1ccc(NC2CCC(n3ncc(Cl)c(Cl)c3=O)CC2)cc1. The second-order valence-corrected chi connectivity index (χ2v) is 7.74. The molecule has 1 aromatic heterocycles. The van der Waals surface area contributed by atoms with E-state index < -0.39 is 0 Å². The molecule has 142 valence electrons. The molecular formula is C20H22Cl2N4O. The van der Waals surface area contributed by atoms with E-state index in [0.717, 1.165) is 31.4 Å². The lowest BCUT2D eigenvalue weighted by atomic mass is 9.91. The van der Waals surface area contributed by atoms with Crippen molar-refractivity contribution in [3.63, 3.8) is 0 Å². The van der Waals surface area contributed by atoms with Gasteiger partial charge in [-0.05, 0) is 49.9 Å². The van der Waals surface area contributed by atoms with Crippen LogP contribution in [0.2, 0.25) is 10.0 Å². The summed E-state index contributed by atoms with van der Waals surface area (Å²) in [4.78, 5) is 12.2. The summed E-state index contributed by atoms with van der Waals surface area (Å²) in [6.07, 6.45) is 9.47. The van der Waals surface area contributed by atoms with Gasteiger partial charge in [0.05, 0.1) is 28.9 Å². The zero-order chi connectivity index (χ0) is 19.2. The van der Waals surface area contributed by atoms with Crippen LogP contribution in [0.4, 0.5) is 5.69 Å². The molecule has 0 bridgehead atoms. The first kappa shape index (κ1) is 19.7. The minimum Gasteiger partial charge on any atom is -0.382 e. The van der Waals surface area contributed by atoms with Gasteiger partial charge in [0.15, 0.2) is 0 Å². The van der Waals surface area contributed by atoms with E-state index in [1.807, 2.05) is 12.1 Å². The molecule has 5 nitrogen and oxygen atoms in total. The van der Waals surface area contributed by atoms with Gasteiger partial charge in [-0.15, -0.1) is 0 Å². The van der Waals surface area contributed by atoms with E-state index in [-0.39, 0.29) is 21.6 Å². The molecule has 1 heterocycles. The maximum atomic E-state index is 12.2. The van der Waals surface area contributed by atoms with Crippen LogP contribution in [0.15, 0.2) is 35.3 Å². The quantitative estimate of drug-likeness (QED) is 0.763. The lowest BCUT2D eigenvalue weighted by Gasteiger charge is -2.30. The largest absolute Gasteiger partial charge is 0.382 e. The van der Waals surface area contributed by atoms with Gasteiger partial charge in [0.1, 0.15) is 5.02 Å². The monoisotopic (exact) mass is 404 g/mol. The van der Waals surface area contributed by atoms with Crippen molar-refractivity contribution in [2.75, 3.05) is 5.32 Å². The number of nitrogens with zero attached hydrogens (tertiary/aromatic N) is 3. The minimum atomic E-state index is -0.326. The molecule has 1 aromatic carbocycles. The molecule has 27 heavy (non-hydrogen) atoms. The molecule has 7 heteroatoms. The lowest BCUT2D eigenvalue weighted by Crippen LogP contribution is -2.33. The Morgan fingerprint density at radius 1 is 1.07 bits per heavy atom. The van der Waals surface area contributed by atoms with Crippen LogP contribution in [-0.4, -0.2) is 15.8 Å². The molecule has 2 fully saturated rings. The summed E-state index contributed by atoms with van der Waals surface area (Å²) in [5.41, 5.74) is 1.32. The summed E-state index contributed by atoms with van der Waals surface area (Å²) in [6.45, 7) is 0. The third-order valence-electron chi connectivity index (χ3n) is 4.68. The molecule has 0 amide bonds. The Bertz CT molecular complexity index is 860. The van der Waals surface area contributed by atoms with Gasteiger partial charge in [-0.2, -0.15) is 10.4 Å². The van der Waals surface area contributed by atoms with Gasteiger partial charge in [-0.1, -0.05) is 42.5 Å². The van der Waals surface area contributed by atoms with Gasteiger partial charge in [0.2, 0.25) is 0 Å². The second kappa shape index (κ2) is 9.25.